The average Bonchev–Trinajstić information content (AvgIpc) is 3.11. The van der Waals surface area contributed by atoms with Crippen LogP contribution < -0.4 is 21.1 Å². The van der Waals surface area contributed by atoms with Crippen LogP contribution in [0.1, 0.15) is 24.4 Å². The van der Waals surface area contributed by atoms with Crippen molar-refractivity contribution in [1.29, 1.82) is 0 Å². The van der Waals surface area contributed by atoms with Gasteiger partial charge in [0.15, 0.2) is 0 Å². The number of ether oxygens (including phenoxy) is 1. The Morgan fingerprint density at radius 3 is 2.58 bits per heavy atom. The van der Waals surface area contributed by atoms with E-state index < -0.39 is 0 Å². The van der Waals surface area contributed by atoms with Gasteiger partial charge in [0.2, 0.25) is 0 Å². The maximum atomic E-state index is 12.3. The quantitative estimate of drug-likeness (QED) is 0.558. The zero-order chi connectivity index (χ0) is 18.8. The minimum atomic E-state index is -0.367. The largest absolute Gasteiger partial charge is 0.494 e. The molecule has 0 radical (unpaired) electrons. The van der Waals surface area contributed by atoms with Crippen molar-refractivity contribution in [3.05, 3.63) is 40.1 Å². The van der Waals surface area contributed by atoms with Crippen molar-refractivity contribution in [1.82, 2.24) is 25.1 Å². The Labute approximate surface area is 149 Å². The molecule has 0 aliphatic rings. The van der Waals surface area contributed by atoms with Gasteiger partial charge in [-0.3, -0.25) is 4.68 Å². The number of aromatic amines is 2. The zero-order valence-electron chi connectivity index (χ0n) is 15.1. The molecule has 0 bridgehead atoms. The Morgan fingerprint density at radius 2 is 1.96 bits per heavy atom. The Kier molecular flexibility index (Phi) is 4.70. The highest BCUT2D eigenvalue weighted by atomic mass is 16.5. The lowest BCUT2D eigenvalue weighted by molar-refractivity contribution is 0.250. The fourth-order valence-corrected chi connectivity index (χ4v) is 2.91. The summed E-state index contributed by atoms with van der Waals surface area (Å²) in [6.45, 7) is 6.31. The summed E-state index contributed by atoms with van der Waals surface area (Å²) in [5.74, 6) is 0.453. The zero-order valence-corrected chi connectivity index (χ0v) is 15.1. The van der Waals surface area contributed by atoms with Crippen LogP contribution in [0.4, 0.5) is 10.5 Å². The van der Waals surface area contributed by atoms with Crippen LogP contribution in [0.2, 0.25) is 0 Å². The molecule has 1 aromatic carbocycles. The molecule has 2 heterocycles. The first-order valence-electron chi connectivity index (χ1n) is 8.25. The van der Waals surface area contributed by atoms with Gasteiger partial charge in [-0.2, -0.15) is 5.10 Å². The van der Waals surface area contributed by atoms with Crippen LogP contribution in [0.15, 0.2) is 23.0 Å². The maximum Gasteiger partial charge on any atom is 0.323 e. The molecule has 0 spiro atoms. The summed E-state index contributed by atoms with van der Waals surface area (Å²) in [5, 5.41) is 10.00. The Bertz CT molecular complexity index is 1000. The molecule has 138 valence electrons. The number of carbonyl (C=O) groups is 1. The third-order valence-electron chi connectivity index (χ3n) is 4.10. The summed E-state index contributed by atoms with van der Waals surface area (Å²) in [6, 6.07) is 4.94. The number of imidazole rings is 1. The number of hydrogen-bond acceptors (Lipinski definition) is 4. The van der Waals surface area contributed by atoms with Gasteiger partial charge in [0.1, 0.15) is 5.75 Å². The lowest BCUT2D eigenvalue weighted by Crippen LogP contribution is -2.33. The van der Waals surface area contributed by atoms with Gasteiger partial charge in [0, 0.05) is 18.3 Å². The number of anilines is 1. The summed E-state index contributed by atoms with van der Waals surface area (Å²) < 4.78 is 7.17. The van der Waals surface area contributed by atoms with E-state index in [0.29, 0.717) is 29.0 Å². The molecule has 0 saturated heterocycles. The number of rotatable bonds is 5. The third-order valence-corrected chi connectivity index (χ3v) is 4.10. The topological polar surface area (TPSA) is 117 Å². The number of nitrogens with zero attached hydrogens (tertiary/aromatic N) is 2. The first-order valence-corrected chi connectivity index (χ1v) is 8.25. The van der Waals surface area contributed by atoms with Crippen molar-refractivity contribution in [2.75, 3.05) is 19.0 Å². The maximum absolute atomic E-state index is 12.3. The molecule has 0 fully saturated rings. The molecular weight excluding hydrogens is 336 g/mol. The van der Waals surface area contributed by atoms with Crippen molar-refractivity contribution >= 4 is 22.8 Å². The minimum Gasteiger partial charge on any atom is -0.494 e. The molecule has 1 unspecified atom stereocenters. The number of hydrogen-bond donors (Lipinski definition) is 4. The van der Waals surface area contributed by atoms with E-state index in [0.717, 1.165) is 11.4 Å². The highest BCUT2D eigenvalue weighted by Gasteiger charge is 2.13. The Hall–Kier alpha value is -3.23. The second-order valence-corrected chi connectivity index (χ2v) is 6.23. The highest BCUT2D eigenvalue weighted by Crippen LogP contribution is 2.28. The Morgan fingerprint density at radius 1 is 1.27 bits per heavy atom. The van der Waals surface area contributed by atoms with Crippen LogP contribution in [-0.2, 0) is 0 Å². The molecule has 2 aromatic heterocycles. The van der Waals surface area contributed by atoms with E-state index in [9.17, 15) is 9.59 Å². The number of nitrogens with one attached hydrogen (secondary N) is 4. The summed E-state index contributed by atoms with van der Waals surface area (Å²) in [4.78, 5) is 29.0. The van der Waals surface area contributed by atoms with Crippen LogP contribution in [0.25, 0.3) is 11.0 Å². The van der Waals surface area contributed by atoms with Gasteiger partial charge in [0.05, 0.1) is 35.6 Å². The van der Waals surface area contributed by atoms with E-state index in [2.05, 4.69) is 25.7 Å². The van der Waals surface area contributed by atoms with Crippen LogP contribution in [0.3, 0.4) is 0 Å². The van der Waals surface area contributed by atoms with Crippen molar-refractivity contribution in [2.24, 2.45) is 0 Å². The lowest BCUT2D eigenvalue weighted by atomic mass is 10.2. The number of urea groups is 1. The molecular formula is C17H22N6O3. The van der Waals surface area contributed by atoms with Crippen LogP contribution in [0, 0.1) is 13.8 Å². The molecule has 0 aliphatic heterocycles. The molecule has 0 aliphatic carbocycles. The van der Waals surface area contributed by atoms with Gasteiger partial charge in [-0.15, -0.1) is 0 Å². The second-order valence-electron chi connectivity index (χ2n) is 6.23. The predicted octanol–water partition coefficient (Wildman–Crippen LogP) is 2.06. The number of fused-ring (bicyclic) bond motifs is 1. The number of amides is 2. The number of benzene rings is 1. The van der Waals surface area contributed by atoms with E-state index in [1.807, 2.05) is 31.5 Å². The number of methoxy groups -OCH3 is 1. The standard InChI is InChI=1S/C17H22N6O3/c1-9-5-10(2)23(22-9)11(3)8-18-16(24)21-14-6-12-13(7-15(14)26-4)20-17(25)19-12/h5-7,11H,8H2,1-4H3,(H2,18,21,24)(H2,19,20,25). The van der Waals surface area contributed by atoms with E-state index in [1.54, 1.807) is 12.1 Å². The summed E-state index contributed by atoms with van der Waals surface area (Å²) in [6.07, 6.45) is 0. The second kappa shape index (κ2) is 6.95. The highest BCUT2D eigenvalue weighted by molar-refractivity contribution is 5.94. The van der Waals surface area contributed by atoms with E-state index >= 15 is 0 Å². The SMILES string of the molecule is COc1cc2[nH]c(=O)[nH]c2cc1NC(=O)NCC(C)n1nc(C)cc1C. The fraction of sp³-hybridized carbons (Fsp3) is 0.353. The molecule has 3 rings (SSSR count). The normalized spacial score (nSPS) is 12.2. The molecule has 3 aromatic rings. The first-order chi connectivity index (χ1) is 12.4. The fourth-order valence-electron chi connectivity index (χ4n) is 2.91. The third kappa shape index (κ3) is 3.56. The lowest BCUT2D eigenvalue weighted by Gasteiger charge is -2.16. The van der Waals surface area contributed by atoms with Crippen molar-refractivity contribution in [2.45, 2.75) is 26.8 Å². The van der Waals surface area contributed by atoms with Gasteiger partial charge in [0.25, 0.3) is 0 Å². The van der Waals surface area contributed by atoms with Gasteiger partial charge in [-0.1, -0.05) is 0 Å². The summed E-state index contributed by atoms with van der Waals surface area (Å²) >= 11 is 0. The smallest absolute Gasteiger partial charge is 0.323 e. The van der Waals surface area contributed by atoms with Crippen molar-refractivity contribution < 1.29 is 9.53 Å². The van der Waals surface area contributed by atoms with Crippen molar-refractivity contribution in [3.63, 3.8) is 0 Å². The molecule has 4 N–H and O–H groups in total. The monoisotopic (exact) mass is 358 g/mol. The first kappa shape index (κ1) is 17.6. The van der Waals surface area contributed by atoms with Crippen LogP contribution >= 0.6 is 0 Å². The molecule has 26 heavy (non-hydrogen) atoms. The van der Waals surface area contributed by atoms with E-state index in [4.69, 9.17) is 4.74 Å². The van der Waals surface area contributed by atoms with Gasteiger partial charge in [-0.25, -0.2) is 9.59 Å². The molecule has 9 nitrogen and oxygen atoms in total. The summed E-state index contributed by atoms with van der Waals surface area (Å²) in [7, 11) is 1.50. The van der Waals surface area contributed by atoms with Gasteiger partial charge < -0.3 is 25.3 Å². The van der Waals surface area contributed by atoms with Gasteiger partial charge in [-0.05, 0) is 32.9 Å². The molecule has 9 heteroatoms. The number of aryl methyl sites for hydroxylation is 2. The number of carbonyl (C=O) groups excluding carboxylic acids is 1. The van der Waals surface area contributed by atoms with Crippen LogP contribution in [-0.4, -0.2) is 39.4 Å². The van der Waals surface area contributed by atoms with Gasteiger partial charge >= 0.3 is 11.7 Å². The minimum absolute atomic E-state index is 0.0138. The van der Waals surface area contributed by atoms with Crippen molar-refractivity contribution in [3.8, 4) is 5.75 Å². The van der Waals surface area contributed by atoms with E-state index in [1.165, 1.54) is 7.11 Å². The Balaban J connectivity index is 1.68. The molecule has 1 atom stereocenters. The molecule has 0 saturated carbocycles. The predicted molar refractivity (Wildman–Crippen MR) is 98.9 cm³/mol. The van der Waals surface area contributed by atoms with Crippen LogP contribution in [0.5, 0.6) is 5.75 Å². The number of H-pyrrole nitrogens is 2. The summed E-state index contributed by atoms with van der Waals surface area (Å²) in [5.41, 5.74) is 3.32. The molecule has 2 amide bonds. The number of aromatic nitrogens is 4. The average molecular weight is 358 g/mol. The van der Waals surface area contributed by atoms with E-state index in [-0.39, 0.29) is 17.8 Å².